The van der Waals surface area contributed by atoms with E-state index < -0.39 is 0 Å². The summed E-state index contributed by atoms with van der Waals surface area (Å²) < 4.78 is 5.36. The zero-order valence-electron chi connectivity index (χ0n) is 12.9. The largest absolute Gasteiger partial charge is 0.374 e. The van der Waals surface area contributed by atoms with Crippen LogP contribution in [0.25, 0.3) is 0 Å². The molecule has 0 bridgehead atoms. The number of nitrogens with two attached hydrogens (primary N) is 1. The van der Waals surface area contributed by atoms with E-state index >= 15 is 0 Å². The van der Waals surface area contributed by atoms with Gasteiger partial charge < -0.3 is 20.4 Å². The average Bonchev–Trinajstić information content (AvgIpc) is 2.52. The van der Waals surface area contributed by atoms with E-state index in [0.717, 1.165) is 12.4 Å². The number of nitrogens with one attached hydrogen (secondary N) is 2. The Bertz CT molecular complexity index is 441. The maximum absolute atomic E-state index is 5.46. The minimum absolute atomic E-state index is 0.393. The maximum Gasteiger partial charge on any atom is 0.158 e. The molecule has 118 valence electrons. The quantitative estimate of drug-likeness (QED) is 0.514. The number of ether oxygens (including phenoxy) is 1. The van der Waals surface area contributed by atoms with Gasteiger partial charge in [-0.3, -0.25) is 0 Å². The molecule has 1 aromatic heterocycles. The summed E-state index contributed by atoms with van der Waals surface area (Å²) in [6, 6.07) is 2.37. The van der Waals surface area contributed by atoms with Crippen LogP contribution in [0.15, 0.2) is 6.07 Å². The average molecular weight is 294 g/mol. The fraction of sp³-hybridized carbons (Fsp3) is 0.714. The molecule has 2 rings (SSSR count). The van der Waals surface area contributed by atoms with E-state index in [4.69, 9.17) is 10.6 Å². The molecule has 0 radical (unpaired) electrons. The molecule has 1 fully saturated rings. The number of anilines is 2. The Morgan fingerprint density at radius 1 is 1.38 bits per heavy atom. The third kappa shape index (κ3) is 4.80. The van der Waals surface area contributed by atoms with Gasteiger partial charge in [0.05, 0.1) is 0 Å². The zero-order chi connectivity index (χ0) is 15.1. The number of hydrogen-bond donors (Lipinski definition) is 3. The fourth-order valence-electron chi connectivity index (χ4n) is 2.54. The van der Waals surface area contributed by atoms with Gasteiger partial charge in [0.15, 0.2) is 5.82 Å². The Morgan fingerprint density at radius 3 is 2.90 bits per heavy atom. The van der Waals surface area contributed by atoms with Crippen molar-refractivity contribution in [2.45, 2.75) is 38.8 Å². The second kappa shape index (κ2) is 8.11. The second-order valence-corrected chi connectivity index (χ2v) is 5.35. The predicted molar refractivity (Wildman–Crippen MR) is 83.9 cm³/mol. The van der Waals surface area contributed by atoms with Crippen molar-refractivity contribution < 1.29 is 4.74 Å². The van der Waals surface area contributed by atoms with E-state index in [-0.39, 0.29) is 0 Å². The fourth-order valence-corrected chi connectivity index (χ4v) is 2.54. The lowest BCUT2D eigenvalue weighted by molar-refractivity contribution is 0.128. The molecule has 7 nitrogen and oxygen atoms in total. The number of aromatic nitrogens is 2. The topological polar surface area (TPSA) is 88.3 Å². The lowest BCUT2D eigenvalue weighted by atomic mass is 10.0. The lowest BCUT2D eigenvalue weighted by Crippen LogP contribution is -2.40. The number of hydrazine groups is 1. The van der Waals surface area contributed by atoms with Crippen LogP contribution in [0.2, 0.25) is 0 Å². The van der Waals surface area contributed by atoms with E-state index in [9.17, 15) is 0 Å². The van der Waals surface area contributed by atoms with Crippen molar-refractivity contribution >= 4 is 11.6 Å². The van der Waals surface area contributed by atoms with Gasteiger partial charge in [0, 0.05) is 25.3 Å². The van der Waals surface area contributed by atoms with E-state index in [0.29, 0.717) is 30.9 Å². The first-order valence-electron chi connectivity index (χ1n) is 7.59. The second-order valence-electron chi connectivity index (χ2n) is 5.35. The molecule has 1 unspecified atom stereocenters. The van der Waals surface area contributed by atoms with Crippen LogP contribution < -0.4 is 16.6 Å². The van der Waals surface area contributed by atoms with Crippen LogP contribution in [0.1, 0.15) is 32.0 Å². The van der Waals surface area contributed by atoms with Gasteiger partial charge in [0.2, 0.25) is 0 Å². The number of nitrogen functional groups attached to an aromatic ring is 1. The third-order valence-electron chi connectivity index (χ3n) is 3.80. The van der Waals surface area contributed by atoms with E-state index in [1.54, 1.807) is 0 Å². The highest BCUT2D eigenvalue weighted by molar-refractivity contribution is 5.46. The summed E-state index contributed by atoms with van der Waals surface area (Å²) in [5.74, 6) is 7.47. The van der Waals surface area contributed by atoms with Crippen LogP contribution in [0.4, 0.5) is 11.6 Å². The number of likely N-dealkylation sites (N-methyl/N-ethyl adjacent to an activating group) is 1. The molecule has 0 amide bonds. The highest BCUT2D eigenvalue weighted by Gasteiger charge is 2.18. The SMILES string of the molecule is CCOCc1nc(NN)cc(NCC2CCCCN2C)n1. The molecule has 1 aliphatic rings. The molecular formula is C14H26N6O. The third-order valence-corrected chi connectivity index (χ3v) is 3.80. The highest BCUT2D eigenvalue weighted by atomic mass is 16.5. The van der Waals surface area contributed by atoms with Crippen molar-refractivity contribution in [3.8, 4) is 0 Å². The Balaban J connectivity index is 1.97. The van der Waals surface area contributed by atoms with Gasteiger partial charge in [0.25, 0.3) is 0 Å². The van der Waals surface area contributed by atoms with Crippen LogP contribution in [0.3, 0.4) is 0 Å². The monoisotopic (exact) mass is 294 g/mol. The van der Waals surface area contributed by atoms with Gasteiger partial charge >= 0.3 is 0 Å². The standard InChI is InChI=1S/C14H26N6O/c1-3-21-10-14-17-12(8-13(18-14)19-15)16-9-11-6-4-5-7-20(11)2/h8,11H,3-7,9-10,15H2,1-2H3,(H2,16,17,18,19). The molecule has 0 aromatic carbocycles. The van der Waals surface area contributed by atoms with E-state index in [1.165, 1.54) is 25.8 Å². The van der Waals surface area contributed by atoms with Crippen molar-refractivity contribution in [1.29, 1.82) is 0 Å². The molecule has 1 atom stereocenters. The molecule has 4 N–H and O–H groups in total. The number of piperidine rings is 1. The summed E-state index contributed by atoms with van der Waals surface area (Å²) in [7, 11) is 2.18. The summed E-state index contributed by atoms with van der Waals surface area (Å²) in [4.78, 5) is 11.1. The van der Waals surface area contributed by atoms with Crippen molar-refractivity contribution in [3.63, 3.8) is 0 Å². The number of nitrogens with zero attached hydrogens (tertiary/aromatic N) is 3. The van der Waals surface area contributed by atoms with Gasteiger partial charge in [-0.2, -0.15) is 0 Å². The van der Waals surface area contributed by atoms with E-state index in [1.807, 2.05) is 13.0 Å². The van der Waals surface area contributed by atoms with Gasteiger partial charge in [-0.05, 0) is 33.4 Å². The van der Waals surface area contributed by atoms with Crippen molar-refractivity contribution in [1.82, 2.24) is 14.9 Å². The predicted octanol–water partition coefficient (Wildman–Crippen LogP) is 1.19. The molecule has 2 heterocycles. The molecule has 21 heavy (non-hydrogen) atoms. The van der Waals surface area contributed by atoms with Crippen molar-refractivity contribution in [3.05, 3.63) is 11.9 Å². The molecule has 7 heteroatoms. The Hall–Kier alpha value is -1.44. The molecular weight excluding hydrogens is 268 g/mol. The molecule has 0 aliphatic carbocycles. The van der Waals surface area contributed by atoms with Crippen molar-refractivity contribution in [2.75, 3.05) is 37.5 Å². The maximum atomic E-state index is 5.46. The summed E-state index contributed by atoms with van der Waals surface area (Å²) in [5, 5.41) is 3.39. The summed E-state index contributed by atoms with van der Waals surface area (Å²) in [5.41, 5.74) is 2.57. The molecule has 1 aliphatic heterocycles. The van der Waals surface area contributed by atoms with Crippen LogP contribution in [-0.2, 0) is 11.3 Å². The minimum atomic E-state index is 0.393. The zero-order valence-corrected chi connectivity index (χ0v) is 12.9. The first-order chi connectivity index (χ1) is 10.2. The normalized spacial score (nSPS) is 19.5. The summed E-state index contributed by atoms with van der Waals surface area (Å²) in [6.07, 6.45) is 3.81. The number of likely N-dealkylation sites (tertiary alicyclic amines) is 1. The molecule has 1 saturated heterocycles. The van der Waals surface area contributed by atoms with Gasteiger partial charge in [0.1, 0.15) is 18.2 Å². The molecule has 0 saturated carbocycles. The van der Waals surface area contributed by atoms with E-state index in [2.05, 4.69) is 32.7 Å². The van der Waals surface area contributed by atoms with Gasteiger partial charge in [-0.25, -0.2) is 15.8 Å². The van der Waals surface area contributed by atoms with Crippen LogP contribution in [-0.4, -0.2) is 47.7 Å². The van der Waals surface area contributed by atoms with Gasteiger partial charge in [-0.15, -0.1) is 0 Å². The lowest BCUT2D eigenvalue weighted by Gasteiger charge is -2.32. The first kappa shape index (κ1) is 15.9. The van der Waals surface area contributed by atoms with Crippen LogP contribution >= 0.6 is 0 Å². The number of rotatable bonds is 7. The summed E-state index contributed by atoms with van der Waals surface area (Å²) >= 11 is 0. The van der Waals surface area contributed by atoms with Crippen molar-refractivity contribution in [2.24, 2.45) is 5.84 Å². The minimum Gasteiger partial charge on any atom is -0.374 e. The Morgan fingerprint density at radius 2 is 2.19 bits per heavy atom. The highest BCUT2D eigenvalue weighted by Crippen LogP contribution is 2.16. The smallest absolute Gasteiger partial charge is 0.158 e. The first-order valence-corrected chi connectivity index (χ1v) is 7.59. The Kier molecular flexibility index (Phi) is 6.16. The van der Waals surface area contributed by atoms with Crippen LogP contribution in [0.5, 0.6) is 0 Å². The molecule has 0 spiro atoms. The number of hydrogen-bond acceptors (Lipinski definition) is 7. The summed E-state index contributed by atoms with van der Waals surface area (Å²) in [6.45, 7) is 5.03. The van der Waals surface area contributed by atoms with Gasteiger partial charge in [-0.1, -0.05) is 6.42 Å². The Labute approximate surface area is 126 Å². The van der Waals surface area contributed by atoms with Crippen LogP contribution in [0, 0.1) is 0 Å². The molecule has 1 aromatic rings.